The summed E-state index contributed by atoms with van der Waals surface area (Å²) < 4.78 is 5.24. The molecule has 0 aromatic heterocycles. The highest BCUT2D eigenvalue weighted by Crippen LogP contribution is 2.17. The molecule has 1 rings (SSSR count). The quantitative estimate of drug-likeness (QED) is 0.735. The summed E-state index contributed by atoms with van der Waals surface area (Å²) in [6.07, 6.45) is 2.55. The fourth-order valence-corrected chi connectivity index (χ4v) is 2.02. The van der Waals surface area contributed by atoms with Crippen molar-refractivity contribution in [1.29, 1.82) is 0 Å². The Kier molecular flexibility index (Phi) is 4.74. The van der Waals surface area contributed by atoms with Gasteiger partial charge in [0.05, 0.1) is 13.0 Å². The van der Waals surface area contributed by atoms with Crippen LogP contribution in [0.15, 0.2) is 0 Å². The van der Waals surface area contributed by atoms with E-state index in [2.05, 4.69) is 4.90 Å². The molecule has 1 heterocycles. The molecule has 1 saturated heterocycles. The van der Waals surface area contributed by atoms with Crippen LogP contribution in [0.4, 0.5) is 0 Å². The Bertz CT molecular complexity index is 235. The number of carbonyl (C=O) groups excluding carboxylic acids is 1. The smallest absolute Gasteiger partial charge is 0.307 e. The zero-order valence-electron chi connectivity index (χ0n) is 10.5. The highest BCUT2D eigenvalue weighted by Gasteiger charge is 2.24. The summed E-state index contributed by atoms with van der Waals surface area (Å²) in [5.41, 5.74) is -0.404. The van der Waals surface area contributed by atoms with Gasteiger partial charge in [-0.05, 0) is 40.2 Å². The van der Waals surface area contributed by atoms with E-state index in [0.29, 0.717) is 13.0 Å². The summed E-state index contributed by atoms with van der Waals surface area (Å²) in [7, 11) is 0. The summed E-state index contributed by atoms with van der Waals surface area (Å²) in [5, 5.41) is 9.13. The van der Waals surface area contributed by atoms with Crippen LogP contribution in [0.25, 0.3) is 0 Å². The van der Waals surface area contributed by atoms with Gasteiger partial charge in [-0.3, -0.25) is 9.69 Å². The van der Waals surface area contributed by atoms with E-state index in [4.69, 9.17) is 9.84 Å². The topological polar surface area (TPSA) is 49.8 Å². The lowest BCUT2D eigenvalue weighted by Crippen LogP contribution is -2.35. The number of ether oxygens (including phenoxy) is 1. The van der Waals surface area contributed by atoms with Gasteiger partial charge in [-0.15, -0.1) is 0 Å². The molecule has 0 radical (unpaired) electrons. The van der Waals surface area contributed by atoms with Crippen molar-refractivity contribution in [2.45, 2.75) is 51.7 Å². The van der Waals surface area contributed by atoms with Crippen LogP contribution in [-0.4, -0.2) is 47.3 Å². The minimum Gasteiger partial charge on any atom is -0.460 e. The van der Waals surface area contributed by atoms with Gasteiger partial charge in [-0.1, -0.05) is 0 Å². The third kappa shape index (κ3) is 4.49. The largest absolute Gasteiger partial charge is 0.460 e. The van der Waals surface area contributed by atoms with Crippen molar-refractivity contribution >= 4 is 5.97 Å². The van der Waals surface area contributed by atoms with E-state index >= 15 is 0 Å². The summed E-state index contributed by atoms with van der Waals surface area (Å²) in [6.45, 7) is 7.48. The Hall–Kier alpha value is -0.610. The average Bonchev–Trinajstić information content (AvgIpc) is 2.59. The van der Waals surface area contributed by atoms with Gasteiger partial charge < -0.3 is 9.84 Å². The maximum Gasteiger partial charge on any atom is 0.307 e. The number of esters is 1. The van der Waals surface area contributed by atoms with E-state index < -0.39 is 5.60 Å². The van der Waals surface area contributed by atoms with Crippen molar-refractivity contribution < 1.29 is 14.6 Å². The second-order valence-electron chi connectivity index (χ2n) is 5.35. The van der Waals surface area contributed by atoms with Crippen LogP contribution < -0.4 is 0 Å². The van der Waals surface area contributed by atoms with Crippen LogP contribution in [-0.2, 0) is 9.53 Å². The summed E-state index contributed by atoms with van der Waals surface area (Å²) >= 11 is 0. The van der Waals surface area contributed by atoms with Crippen LogP contribution in [0.2, 0.25) is 0 Å². The summed E-state index contributed by atoms with van der Waals surface area (Å²) in [6, 6.07) is 0.238. The van der Waals surface area contributed by atoms with Gasteiger partial charge in [0.2, 0.25) is 0 Å². The van der Waals surface area contributed by atoms with E-state index in [1.54, 1.807) is 0 Å². The predicted molar refractivity (Wildman–Crippen MR) is 62.1 cm³/mol. The third-order valence-electron chi connectivity index (χ3n) is 2.73. The third-order valence-corrected chi connectivity index (χ3v) is 2.73. The maximum absolute atomic E-state index is 11.5. The first-order valence-electron chi connectivity index (χ1n) is 5.99. The molecule has 1 aliphatic heterocycles. The first-order chi connectivity index (χ1) is 7.42. The molecule has 0 bridgehead atoms. The van der Waals surface area contributed by atoms with E-state index in [1.807, 2.05) is 20.8 Å². The molecule has 4 nitrogen and oxygen atoms in total. The number of rotatable bonds is 4. The van der Waals surface area contributed by atoms with Crippen molar-refractivity contribution in [3.63, 3.8) is 0 Å². The number of aliphatic hydroxyl groups is 1. The first kappa shape index (κ1) is 13.5. The highest BCUT2D eigenvalue weighted by molar-refractivity contribution is 5.70. The standard InChI is InChI=1S/C12H23NO3/c1-12(2,3)16-11(15)6-8-13-7-4-5-10(13)9-14/h10,14H,4-9H2,1-3H3. The second kappa shape index (κ2) is 5.64. The normalized spacial score (nSPS) is 22.4. The van der Waals surface area contributed by atoms with Crippen molar-refractivity contribution in [2.24, 2.45) is 0 Å². The van der Waals surface area contributed by atoms with E-state index in [-0.39, 0.29) is 18.6 Å². The molecule has 1 unspecified atom stereocenters. The van der Waals surface area contributed by atoms with Gasteiger partial charge in [0.1, 0.15) is 5.60 Å². The molecule has 16 heavy (non-hydrogen) atoms. The number of aliphatic hydroxyl groups excluding tert-OH is 1. The fourth-order valence-electron chi connectivity index (χ4n) is 2.02. The van der Waals surface area contributed by atoms with Crippen molar-refractivity contribution in [2.75, 3.05) is 19.7 Å². The molecule has 1 atom stereocenters. The molecular weight excluding hydrogens is 206 g/mol. The van der Waals surface area contributed by atoms with E-state index in [9.17, 15) is 4.79 Å². The molecule has 1 N–H and O–H groups in total. The second-order valence-corrected chi connectivity index (χ2v) is 5.35. The molecule has 94 valence electrons. The molecule has 0 saturated carbocycles. The summed E-state index contributed by atoms with van der Waals surface area (Å²) in [5.74, 6) is -0.156. The molecule has 1 fully saturated rings. The number of carbonyl (C=O) groups is 1. The molecular formula is C12H23NO3. The van der Waals surface area contributed by atoms with Gasteiger partial charge >= 0.3 is 5.97 Å². The minimum absolute atomic E-state index is 0.156. The molecule has 4 heteroatoms. The van der Waals surface area contributed by atoms with Crippen molar-refractivity contribution in [3.05, 3.63) is 0 Å². The van der Waals surface area contributed by atoms with Crippen molar-refractivity contribution in [3.8, 4) is 0 Å². The van der Waals surface area contributed by atoms with Gasteiger partial charge in [-0.2, -0.15) is 0 Å². The number of likely N-dealkylation sites (tertiary alicyclic amines) is 1. The van der Waals surface area contributed by atoms with Crippen LogP contribution >= 0.6 is 0 Å². The van der Waals surface area contributed by atoms with E-state index in [0.717, 1.165) is 19.4 Å². The molecule has 0 amide bonds. The number of nitrogens with zero attached hydrogens (tertiary/aromatic N) is 1. The highest BCUT2D eigenvalue weighted by atomic mass is 16.6. The minimum atomic E-state index is -0.404. The fraction of sp³-hybridized carbons (Fsp3) is 0.917. The van der Waals surface area contributed by atoms with Gasteiger partial charge in [-0.25, -0.2) is 0 Å². The Balaban J connectivity index is 2.26. The molecule has 1 aliphatic rings. The number of hydrogen-bond acceptors (Lipinski definition) is 4. The lowest BCUT2D eigenvalue weighted by atomic mass is 10.2. The molecule has 0 aromatic rings. The zero-order chi connectivity index (χ0) is 12.2. The van der Waals surface area contributed by atoms with Crippen LogP contribution in [0.5, 0.6) is 0 Å². The Morgan fingerprint density at radius 2 is 2.19 bits per heavy atom. The van der Waals surface area contributed by atoms with Crippen molar-refractivity contribution in [1.82, 2.24) is 4.90 Å². The van der Waals surface area contributed by atoms with Crippen LogP contribution in [0.3, 0.4) is 0 Å². The van der Waals surface area contributed by atoms with Gasteiger partial charge in [0.25, 0.3) is 0 Å². The average molecular weight is 229 g/mol. The van der Waals surface area contributed by atoms with Crippen LogP contribution in [0.1, 0.15) is 40.0 Å². The molecule has 0 aliphatic carbocycles. The Morgan fingerprint density at radius 1 is 1.50 bits per heavy atom. The lowest BCUT2D eigenvalue weighted by molar-refractivity contribution is -0.155. The summed E-state index contributed by atoms with van der Waals surface area (Å²) in [4.78, 5) is 13.7. The Labute approximate surface area is 97.6 Å². The van der Waals surface area contributed by atoms with Gasteiger partial charge in [0.15, 0.2) is 0 Å². The van der Waals surface area contributed by atoms with Crippen LogP contribution in [0, 0.1) is 0 Å². The zero-order valence-corrected chi connectivity index (χ0v) is 10.5. The molecule has 0 spiro atoms. The Morgan fingerprint density at radius 3 is 2.75 bits per heavy atom. The van der Waals surface area contributed by atoms with E-state index in [1.165, 1.54) is 0 Å². The predicted octanol–water partition coefficient (Wildman–Crippen LogP) is 1.17. The SMILES string of the molecule is CC(C)(C)OC(=O)CCN1CCCC1CO. The van der Waals surface area contributed by atoms with Gasteiger partial charge in [0, 0.05) is 12.6 Å². The number of hydrogen-bond donors (Lipinski definition) is 1. The molecule has 0 aromatic carbocycles. The monoisotopic (exact) mass is 229 g/mol. The first-order valence-corrected chi connectivity index (χ1v) is 5.99. The maximum atomic E-state index is 11.5. The lowest BCUT2D eigenvalue weighted by Gasteiger charge is -2.24.